The van der Waals surface area contributed by atoms with Crippen molar-refractivity contribution in [2.24, 2.45) is 0 Å². The largest absolute Gasteiger partial charge is 0.508 e. The lowest BCUT2D eigenvalue weighted by Crippen LogP contribution is -2.57. The van der Waals surface area contributed by atoms with Gasteiger partial charge in [0.1, 0.15) is 11.0 Å². The zero-order valence-corrected chi connectivity index (χ0v) is 20.2. The fourth-order valence-electron chi connectivity index (χ4n) is 4.23. The van der Waals surface area contributed by atoms with E-state index in [1.807, 2.05) is 54.7 Å². The number of phenols is 1. The average Bonchev–Trinajstić information content (AvgIpc) is 2.89. The van der Waals surface area contributed by atoms with Crippen LogP contribution in [0.25, 0.3) is 11.1 Å². The van der Waals surface area contributed by atoms with E-state index in [0.717, 1.165) is 27.9 Å². The number of aromatic hydroxyl groups is 1. The molecule has 0 unspecified atom stereocenters. The number of phenolic OH excluding ortho intramolecular Hbond substituents is 1. The predicted octanol–water partition coefficient (Wildman–Crippen LogP) is 6.03. The molecule has 0 radical (unpaired) electrons. The fraction of sp³-hybridized carbons (Fsp3) is 0.143. The number of hydrogen-bond acceptors (Lipinski definition) is 5. The van der Waals surface area contributed by atoms with E-state index in [9.17, 15) is 15.0 Å². The van der Waals surface area contributed by atoms with Gasteiger partial charge in [0.05, 0.1) is 12.1 Å². The van der Waals surface area contributed by atoms with Gasteiger partial charge in [-0.05, 0) is 64.7 Å². The number of amides is 1. The van der Waals surface area contributed by atoms with Crippen LogP contribution in [0.4, 0.5) is 5.69 Å². The van der Waals surface area contributed by atoms with Crippen LogP contribution in [0.1, 0.15) is 23.3 Å². The van der Waals surface area contributed by atoms with Gasteiger partial charge in [-0.25, -0.2) is 0 Å². The molecule has 1 amide bonds. The highest BCUT2D eigenvalue weighted by Gasteiger charge is 2.49. The highest BCUT2D eigenvalue weighted by atomic mass is 35.5. The third-order valence-corrected chi connectivity index (χ3v) is 7.69. The van der Waals surface area contributed by atoms with Crippen LogP contribution in [0, 0.1) is 0 Å². The van der Waals surface area contributed by atoms with E-state index >= 15 is 0 Å². The van der Waals surface area contributed by atoms with Crippen molar-refractivity contribution >= 4 is 35.0 Å². The Kier molecular flexibility index (Phi) is 6.77. The molecular weight excluding hydrogens is 480 g/mol. The Bertz CT molecular complexity index is 1300. The molecule has 176 valence electrons. The van der Waals surface area contributed by atoms with Crippen LogP contribution in [0.5, 0.6) is 5.75 Å². The summed E-state index contributed by atoms with van der Waals surface area (Å²) in [4.78, 5) is 19.3. The molecule has 0 bridgehead atoms. The molecule has 0 spiro atoms. The minimum atomic E-state index is -0.710. The van der Waals surface area contributed by atoms with E-state index in [4.69, 9.17) is 11.6 Å². The van der Waals surface area contributed by atoms with Gasteiger partial charge >= 0.3 is 0 Å². The first kappa shape index (κ1) is 23.4. The molecule has 5 nitrogen and oxygen atoms in total. The molecule has 7 heteroatoms. The number of carbonyl (C=O) groups excluding carboxylic acids is 1. The Morgan fingerprint density at radius 2 is 1.66 bits per heavy atom. The monoisotopic (exact) mass is 502 g/mol. The summed E-state index contributed by atoms with van der Waals surface area (Å²) in [5.41, 5.74) is 4.52. The van der Waals surface area contributed by atoms with Crippen molar-refractivity contribution < 1.29 is 15.0 Å². The van der Waals surface area contributed by atoms with Gasteiger partial charge in [-0.3, -0.25) is 9.78 Å². The van der Waals surface area contributed by atoms with E-state index < -0.39 is 6.10 Å². The number of hydrogen-bond donors (Lipinski definition) is 2. The number of rotatable bonds is 7. The maximum Gasteiger partial charge on any atom is 0.243 e. The van der Waals surface area contributed by atoms with Gasteiger partial charge in [0.2, 0.25) is 5.91 Å². The number of benzene rings is 3. The third-order valence-electron chi connectivity index (χ3n) is 6.11. The number of β-lactam (4-membered cyclic amide) rings is 1. The molecule has 1 aromatic heterocycles. The molecule has 1 aliphatic rings. The number of aliphatic hydroxyl groups is 1. The van der Waals surface area contributed by atoms with Crippen LogP contribution in [-0.4, -0.2) is 32.1 Å². The normalized spacial score (nSPS) is 18.2. The lowest BCUT2D eigenvalue weighted by Gasteiger charge is -2.47. The molecule has 0 aliphatic carbocycles. The van der Waals surface area contributed by atoms with Crippen LogP contribution >= 0.6 is 23.4 Å². The molecule has 4 aromatic rings. The van der Waals surface area contributed by atoms with Crippen LogP contribution in [0.15, 0.2) is 97.3 Å². The summed E-state index contributed by atoms with van der Waals surface area (Å²) in [5, 5.41) is 20.7. The molecule has 35 heavy (non-hydrogen) atoms. The summed E-state index contributed by atoms with van der Waals surface area (Å²) in [7, 11) is 0. The lowest BCUT2D eigenvalue weighted by atomic mass is 9.92. The van der Waals surface area contributed by atoms with Gasteiger partial charge in [-0.2, -0.15) is 0 Å². The van der Waals surface area contributed by atoms with Crippen molar-refractivity contribution in [3.05, 3.63) is 113 Å². The van der Waals surface area contributed by atoms with Gasteiger partial charge in [0.25, 0.3) is 0 Å². The zero-order chi connectivity index (χ0) is 24.4. The number of aromatic nitrogens is 1. The van der Waals surface area contributed by atoms with Gasteiger partial charge in [-0.1, -0.05) is 54.1 Å². The van der Waals surface area contributed by atoms with Crippen molar-refractivity contribution in [1.29, 1.82) is 0 Å². The Morgan fingerprint density at radius 1 is 0.943 bits per heavy atom. The maximum atomic E-state index is 13.3. The number of anilines is 1. The molecule has 1 fully saturated rings. The lowest BCUT2D eigenvalue weighted by molar-refractivity contribution is -0.123. The summed E-state index contributed by atoms with van der Waals surface area (Å²) in [6.45, 7) is 0. The number of aliphatic hydroxyl groups excluding tert-OH is 1. The van der Waals surface area contributed by atoms with E-state index in [1.165, 1.54) is 11.8 Å². The smallest absolute Gasteiger partial charge is 0.243 e. The van der Waals surface area contributed by atoms with E-state index in [-0.39, 0.29) is 22.9 Å². The second-order valence-corrected chi connectivity index (χ2v) is 9.97. The fourth-order valence-corrected chi connectivity index (χ4v) is 5.66. The first-order chi connectivity index (χ1) is 17.0. The molecule has 1 saturated heterocycles. The number of nitrogens with zero attached hydrogens (tertiary/aromatic N) is 2. The zero-order valence-electron chi connectivity index (χ0n) is 18.7. The van der Waals surface area contributed by atoms with Crippen molar-refractivity contribution in [1.82, 2.24) is 4.98 Å². The third kappa shape index (κ3) is 4.91. The Labute approximate surface area is 213 Å². The minimum absolute atomic E-state index is 0.00879. The minimum Gasteiger partial charge on any atom is -0.508 e. The Morgan fingerprint density at radius 3 is 2.31 bits per heavy atom. The Balaban J connectivity index is 1.37. The van der Waals surface area contributed by atoms with Crippen LogP contribution < -0.4 is 4.90 Å². The van der Waals surface area contributed by atoms with E-state index in [2.05, 4.69) is 4.98 Å². The summed E-state index contributed by atoms with van der Waals surface area (Å²) in [5.74, 6) is 0.542. The summed E-state index contributed by atoms with van der Waals surface area (Å²) in [6.07, 6.45) is 2.83. The molecule has 3 atom stereocenters. The van der Waals surface area contributed by atoms with Crippen molar-refractivity contribution in [3.63, 3.8) is 0 Å². The summed E-state index contributed by atoms with van der Waals surface area (Å²) >= 11 is 7.39. The maximum absolute atomic E-state index is 13.3. The number of carbonyl (C=O) groups is 1. The molecular formula is C28H23ClN2O3S. The Hall–Kier alpha value is -3.32. The highest BCUT2D eigenvalue weighted by Crippen LogP contribution is 2.46. The first-order valence-electron chi connectivity index (χ1n) is 11.2. The van der Waals surface area contributed by atoms with Crippen molar-refractivity contribution in [2.45, 2.75) is 17.4 Å². The van der Waals surface area contributed by atoms with Crippen molar-refractivity contribution in [3.8, 4) is 16.9 Å². The summed E-state index contributed by atoms with van der Waals surface area (Å²) < 4.78 is 0. The average molecular weight is 503 g/mol. The SMILES string of the molecule is O=C1[C@H](SC[C@@H](O)c2ccc(Cl)cc2)[C@@H](c2ccc(O)cc2)N1c1ccc(-c2cccnc2)cc1. The van der Waals surface area contributed by atoms with Gasteiger partial charge in [0, 0.05) is 28.9 Å². The van der Waals surface area contributed by atoms with Crippen molar-refractivity contribution in [2.75, 3.05) is 10.7 Å². The van der Waals surface area contributed by atoms with Gasteiger partial charge < -0.3 is 15.1 Å². The topological polar surface area (TPSA) is 73.7 Å². The molecule has 2 heterocycles. The standard InChI is InChI=1S/C28H23ClN2O3S/c29-22-9-3-19(4-10-22)25(33)17-35-27-26(20-7-13-24(32)14-8-20)31(28(27)34)23-11-5-18(6-12-23)21-2-1-15-30-16-21/h1-16,25-27,32-33H,17H2/t25-,26-,27-/m1/s1. The molecule has 1 aliphatic heterocycles. The first-order valence-corrected chi connectivity index (χ1v) is 12.6. The number of pyridine rings is 1. The molecule has 5 rings (SSSR count). The molecule has 0 saturated carbocycles. The quantitative estimate of drug-likeness (QED) is 0.302. The summed E-state index contributed by atoms with van der Waals surface area (Å²) in [6, 6.07) is 25.5. The van der Waals surface area contributed by atoms with E-state index in [1.54, 1.807) is 47.5 Å². The van der Waals surface area contributed by atoms with E-state index in [0.29, 0.717) is 10.8 Å². The highest BCUT2D eigenvalue weighted by molar-refractivity contribution is 8.00. The predicted molar refractivity (Wildman–Crippen MR) is 141 cm³/mol. The van der Waals surface area contributed by atoms with Crippen LogP contribution in [0.2, 0.25) is 5.02 Å². The van der Waals surface area contributed by atoms with Crippen LogP contribution in [-0.2, 0) is 4.79 Å². The molecule has 3 aromatic carbocycles. The second-order valence-electron chi connectivity index (χ2n) is 8.35. The second kappa shape index (κ2) is 10.1. The number of halogens is 1. The van der Waals surface area contributed by atoms with Crippen LogP contribution in [0.3, 0.4) is 0 Å². The van der Waals surface area contributed by atoms with Gasteiger partial charge in [0.15, 0.2) is 0 Å². The number of thioether (sulfide) groups is 1. The molecule has 2 N–H and O–H groups in total. The van der Waals surface area contributed by atoms with Gasteiger partial charge in [-0.15, -0.1) is 11.8 Å².